The smallest absolute Gasteiger partial charge is 0.266 e. The predicted octanol–water partition coefficient (Wildman–Crippen LogP) is 3.58. The van der Waals surface area contributed by atoms with Gasteiger partial charge in [-0.2, -0.15) is 0 Å². The molecular formula is C15H16N4OS. The summed E-state index contributed by atoms with van der Waals surface area (Å²) in [5, 5.41) is 4.87. The largest absolute Gasteiger partial charge is 0.369 e. The second-order valence-corrected chi connectivity index (χ2v) is 6.08. The van der Waals surface area contributed by atoms with E-state index in [0.717, 1.165) is 27.2 Å². The Morgan fingerprint density at radius 1 is 1.38 bits per heavy atom. The van der Waals surface area contributed by atoms with Crippen LogP contribution in [0.4, 0.5) is 11.6 Å². The molecule has 2 aromatic heterocycles. The number of carbonyl (C=O) groups excluding carboxylic acids is 1. The highest BCUT2D eigenvalue weighted by molar-refractivity contribution is 7.12. The van der Waals surface area contributed by atoms with Crippen molar-refractivity contribution in [3.05, 3.63) is 40.1 Å². The Morgan fingerprint density at radius 3 is 2.95 bits per heavy atom. The number of rotatable bonds is 3. The topological polar surface area (TPSA) is 83.8 Å². The lowest BCUT2D eigenvalue weighted by Gasteiger charge is -2.08. The fourth-order valence-corrected chi connectivity index (χ4v) is 3.20. The van der Waals surface area contributed by atoms with Gasteiger partial charge in [-0.05, 0) is 41.1 Å². The summed E-state index contributed by atoms with van der Waals surface area (Å²) in [6, 6.07) is 7.49. The molecule has 0 aliphatic heterocycles. The van der Waals surface area contributed by atoms with E-state index in [2.05, 4.69) is 29.1 Å². The molecule has 0 bridgehead atoms. The number of nitrogen functional groups attached to an aromatic ring is 1. The third-order valence-corrected chi connectivity index (χ3v) is 4.21. The van der Waals surface area contributed by atoms with Crippen molar-refractivity contribution >= 4 is 39.9 Å². The molecule has 2 heterocycles. The molecule has 0 atom stereocenters. The first kappa shape index (κ1) is 13.6. The van der Waals surface area contributed by atoms with Crippen LogP contribution in [0.15, 0.2) is 29.6 Å². The molecule has 3 rings (SSSR count). The quantitative estimate of drug-likeness (QED) is 0.691. The van der Waals surface area contributed by atoms with Crippen molar-refractivity contribution < 1.29 is 4.79 Å². The van der Waals surface area contributed by atoms with Crippen LogP contribution in [0.3, 0.4) is 0 Å². The van der Waals surface area contributed by atoms with Gasteiger partial charge in [0.05, 0.1) is 15.9 Å². The molecule has 0 saturated heterocycles. The van der Waals surface area contributed by atoms with Crippen molar-refractivity contribution in [3.8, 4) is 0 Å². The molecule has 3 aromatic rings. The lowest BCUT2D eigenvalue weighted by molar-refractivity contribution is 0.102. The van der Waals surface area contributed by atoms with Gasteiger partial charge in [-0.15, -0.1) is 11.3 Å². The van der Waals surface area contributed by atoms with E-state index in [9.17, 15) is 4.79 Å². The van der Waals surface area contributed by atoms with E-state index in [0.29, 0.717) is 11.9 Å². The van der Waals surface area contributed by atoms with Gasteiger partial charge in [0.2, 0.25) is 0 Å². The highest BCUT2D eigenvalue weighted by Gasteiger charge is 2.15. The van der Waals surface area contributed by atoms with Crippen LogP contribution in [-0.2, 0) is 0 Å². The Hall–Kier alpha value is -2.34. The Labute approximate surface area is 126 Å². The van der Waals surface area contributed by atoms with Gasteiger partial charge >= 0.3 is 0 Å². The summed E-state index contributed by atoms with van der Waals surface area (Å²) in [6.45, 7) is 4.16. The highest BCUT2D eigenvalue weighted by Crippen LogP contribution is 2.26. The SMILES string of the molecule is CC(C)c1ccsc1C(=O)Nc1ccc2nc(N)[nH]c2c1. The summed E-state index contributed by atoms with van der Waals surface area (Å²) in [4.78, 5) is 20.2. The minimum atomic E-state index is -0.0828. The summed E-state index contributed by atoms with van der Waals surface area (Å²) in [7, 11) is 0. The highest BCUT2D eigenvalue weighted by atomic mass is 32.1. The van der Waals surface area contributed by atoms with Crippen LogP contribution in [0.25, 0.3) is 11.0 Å². The van der Waals surface area contributed by atoms with Gasteiger partial charge in [-0.25, -0.2) is 4.98 Å². The summed E-state index contributed by atoms with van der Waals surface area (Å²) < 4.78 is 0. The molecule has 21 heavy (non-hydrogen) atoms. The monoisotopic (exact) mass is 300 g/mol. The van der Waals surface area contributed by atoms with Gasteiger partial charge in [-0.1, -0.05) is 13.8 Å². The lowest BCUT2D eigenvalue weighted by atomic mass is 10.0. The maximum atomic E-state index is 12.4. The maximum Gasteiger partial charge on any atom is 0.266 e. The number of thiophene rings is 1. The third-order valence-electron chi connectivity index (χ3n) is 3.28. The average Bonchev–Trinajstić information content (AvgIpc) is 3.03. The van der Waals surface area contributed by atoms with Gasteiger partial charge < -0.3 is 16.0 Å². The van der Waals surface area contributed by atoms with Crippen molar-refractivity contribution in [1.29, 1.82) is 0 Å². The zero-order valence-electron chi connectivity index (χ0n) is 11.8. The summed E-state index contributed by atoms with van der Waals surface area (Å²) in [5.74, 6) is 0.612. The lowest BCUT2D eigenvalue weighted by Crippen LogP contribution is -2.12. The third kappa shape index (κ3) is 2.62. The summed E-state index contributed by atoms with van der Waals surface area (Å²) in [6.07, 6.45) is 0. The molecule has 6 heteroatoms. The number of hydrogen-bond acceptors (Lipinski definition) is 4. The molecule has 108 valence electrons. The number of fused-ring (bicyclic) bond motifs is 1. The number of anilines is 2. The number of imidazole rings is 1. The zero-order chi connectivity index (χ0) is 15.0. The van der Waals surface area contributed by atoms with Crippen LogP contribution >= 0.6 is 11.3 Å². The molecule has 4 N–H and O–H groups in total. The number of aromatic nitrogens is 2. The normalized spacial score (nSPS) is 11.2. The number of H-pyrrole nitrogens is 1. The van der Waals surface area contributed by atoms with Crippen LogP contribution in [0.5, 0.6) is 0 Å². The molecule has 0 radical (unpaired) electrons. The van der Waals surface area contributed by atoms with Crippen molar-refractivity contribution in [3.63, 3.8) is 0 Å². The van der Waals surface area contributed by atoms with Gasteiger partial charge in [0, 0.05) is 5.69 Å². The molecule has 0 aliphatic carbocycles. The maximum absolute atomic E-state index is 12.4. The zero-order valence-corrected chi connectivity index (χ0v) is 12.6. The van der Waals surface area contributed by atoms with Crippen molar-refractivity contribution in [2.75, 3.05) is 11.1 Å². The van der Waals surface area contributed by atoms with E-state index in [-0.39, 0.29) is 5.91 Å². The predicted molar refractivity (Wildman–Crippen MR) is 86.9 cm³/mol. The molecule has 0 aliphatic rings. The summed E-state index contributed by atoms with van der Waals surface area (Å²) in [5.41, 5.74) is 9.00. The Balaban J connectivity index is 1.87. The van der Waals surface area contributed by atoms with Crippen molar-refractivity contribution in [1.82, 2.24) is 9.97 Å². The first-order valence-electron chi connectivity index (χ1n) is 6.68. The van der Waals surface area contributed by atoms with Crippen LogP contribution in [0, 0.1) is 0 Å². The van der Waals surface area contributed by atoms with E-state index in [1.807, 2.05) is 29.6 Å². The van der Waals surface area contributed by atoms with Crippen molar-refractivity contribution in [2.45, 2.75) is 19.8 Å². The number of carbonyl (C=O) groups is 1. The molecule has 5 nitrogen and oxygen atoms in total. The molecule has 1 aromatic carbocycles. The minimum absolute atomic E-state index is 0.0828. The van der Waals surface area contributed by atoms with Gasteiger partial charge in [0.25, 0.3) is 5.91 Å². The number of nitrogens with two attached hydrogens (primary N) is 1. The van der Waals surface area contributed by atoms with Crippen molar-refractivity contribution in [2.24, 2.45) is 0 Å². The first-order valence-corrected chi connectivity index (χ1v) is 7.56. The molecule has 0 spiro atoms. The Bertz CT molecular complexity index is 803. The number of benzene rings is 1. The number of nitrogens with zero attached hydrogens (tertiary/aromatic N) is 1. The molecule has 0 unspecified atom stereocenters. The van der Waals surface area contributed by atoms with E-state index < -0.39 is 0 Å². The molecule has 1 amide bonds. The van der Waals surface area contributed by atoms with Gasteiger partial charge in [0.1, 0.15) is 0 Å². The molecule has 0 fully saturated rings. The molecule has 0 saturated carbocycles. The summed E-state index contributed by atoms with van der Waals surface area (Å²) >= 11 is 1.46. The number of aromatic amines is 1. The van der Waals surface area contributed by atoms with E-state index in [1.54, 1.807) is 0 Å². The van der Waals surface area contributed by atoms with Crippen LogP contribution in [0.2, 0.25) is 0 Å². The minimum Gasteiger partial charge on any atom is -0.369 e. The van der Waals surface area contributed by atoms with Crippen LogP contribution < -0.4 is 11.1 Å². The van der Waals surface area contributed by atoms with E-state index >= 15 is 0 Å². The second kappa shape index (κ2) is 5.21. The number of hydrogen-bond donors (Lipinski definition) is 3. The second-order valence-electron chi connectivity index (χ2n) is 5.17. The Morgan fingerprint density at radius 2 is 2.19 bits per heavy atom. The average molecular weight is 300 g/mol. The van der Waals surface area contributed by atoms with Crippen LogP contribution in [-0.4, -0.2) is 15.9 Å². The molecular weight excluding hydrogens is 284 g/mol. The fourth-order valence-electron chi connectivity index (χ4n) is 2.25. The van der Waals surface area contributed by atoms with E-state index in [1.165, 1.54) is 11.3 Å². The van der Waals surface area contributed by atoms with Gasteiger partial charge in [0.15, 0.2) is 5.95 Å². The number of nitrogens with one attached hydrogen (secondary N) is 2. The van der Waals surface area contributed by atoms with Gasteiger partial charge in [-0.3, -0.25) is 4.79 Å². The van der Waals surface area contributed by atoms with Crippen LogP contribution in [0.1, 0.15) is 35.0 Å². The fraction of sp³-hybridized carbons (Fsp3) is 0.200. The standard InChI is InChI=1S/C15H16N4OS/c1-8(2)10-5-6-21-13(10)14(20)17-9-3-4-11-12(7-9)19-15(16)18-11/h3-8H,1-2H3,(H,17,20)(H3,16,18,19). The van der Waals surface area contributed by atoms with E-state index in [4.69, 9.17) is 5.73 Å². The number of amides is 1. The first-order chi connectivity index (χ1) is 10.0. The Kier molecular flexibility index (Phi) is 3.39.